The summed E-state index contributed by atoms with van der Waals surface area (Å²) in [7, 11) is 4.20. The summed E-state index contributed by atoms with van der Waals surface area (Å²) in [6.45, 7) is 2.24. The zero-order chi connectivity index (χ0) is 14.9. The molecule has 0 saturated heterocycles. The molecule has 0 aromatic heterocycles. The summed E-state index contributed by atoms with van der Waals surface area (Å²) in [6, 6.07) is 8.85. The SMILES string of the molecule is CN(C)CCNC1(CO)C2CCC1Cc1ccccc1C2. The van der Waals surface area contributed by atoms with Gasteiger partial charge in [-0.05, 0) is 62.7 Å². The molecule has 2 aliphatic rings. The molecule has 2 aliphatic carbocycles. The molecular weight excluding hydrogens is 260 g/mol. The summed E-state index contributed by atoms with van der Waals surface area (Å²) < 4.78 is 0. The van der Waals surface area contributed by atoms with Crippen molar-refractivity contribution in [3.05, 3.63) is 35.4 Å². The molecule has 2 unspecified atom stereocenters. The van der Waals surface area contributed by atoms with Gasteiger partial charge in [0.1, 0.15) is 0 Å². The maximum absolute atomic E-state index is 10.2. The summed E-state index contributed by atoms with van der Waals surface area (Å²) in [5.74, 6) is 1.14. The van der Waals surface area contributed by atoms with Crippen molar-refractivity contribution in [2.75, 3.05) is 33.8 Å². The number of aliphatic hydroxyl groups excluding tert-OH is 1. The Hall–Kier alpha value is -0.900. The highest BCUT2D eigenvalue weighted by atomic mass is 16.3. The van der Waals surface area contributed by atoms with Crippen LogP contribution >= 0.6 is 0 Å². The number of rotatable bonds is 5. The number of hydrogen-bond donors (Lipinski definition) is 2. The van der Waals surface area contributed by atoms with Gasteiger partial charge in [0.2, 0.25) is 0 Å². The number of aliphatic hydroxyl groups is 1. The highest BCUT2D eigenvalue weighted by Gasteiger charge is 2.50. The minimum Gasteiger partial charge on any atom is -0.394 e. The van der Waals surface area contributed by atoms with Crippen LogP contribution in [-0.2, 0) is 12.8 Å². The Morgan fingerprint density at radius 1 is 1.14 bits per heavy atom. The first kappa shape index (κ1) is 15.0. The topological polar surface area (TPSA) is 35.5 Å². The summed E-state index contributed by atoms with van der Waals surface area (Å²) >= 11 is 0. The molecule has 1 fully saturated rings. The third-order valence-corrected chi connectivity index (χ3v) is 5.65. The van der Waals surface area contributed by atoms with E-state index < -0.39 is 0 Å². The number of fused-ring (bicyclic) bond motifs is 3. The third-order valence-electron chi connectivity index (χ3n) is 5.65. The van der Waals surface area contributed by atoms with Crippen molar-refractivity contribution in [3.8, 4) is 0 Å². The van der Waals surface area contributed by atoms with E-state index in [2.05, 4.69) is 48.6 Å². The summed E-state index contributed by atoms with van der Waals surface area (Å²) in [4.78, 5) is 2.20. The quantitative estimate of drug-likeness (QED) is 0.865. The van der Waals surface area contributed by atoms with Gasteiger partial charge in [-0.3, -0.25) is 0 Å². The average Bonchev–Trinajstić information content (AvgIpc) is 2.70. The lowest BCUT2D eigenvalue weighted by Gasteiger charge is -2.39. The van der Waals surface area contributed by atoms with Gasteiger partial charge in [0.15, 0.2) is 0 Å². The Morgan fingerprint density at radius 3 is 2.19 bits per heavy atom. The van der Waals surface area contributed by atoms with Gasteiger partial charge in [-0.15, -0.1) is 0 Å². The van der Waals surface area contributed by atoms with Crippen LogP contribution in [0.2, 0.25) is 0 Å². The molecule has 21 heavy (non-hydrogen) atoms. The Bertz CT molecular complexity index is 453. The number of nitrogens with one attached hydrogen (secondary N) is 1. The zero-order valence-corrected chi connectivity index (χ0v) is 13.3. The van der Waals surface area contributed by atoms with Gasteiger partial charge in [-0.2, -0.15) is 0 Å². The van der Waals surface area contributed by atoms with Crippen molar-refractivity contribution >= 4 is 0 Å². The van der Waals surface area contributed by atoms with Crippen molar-refractivity contribution in [1.82, 2.24) is 10.2 Å². The molecule has 1 aromatic rings. The van der Waals surface area contributed by atoms with E-state index in [1.165, 1.54) is 24.0 Å². The second kappa shape index (κ2) is 6.07. The number of likely N-dealkylation sites (N-methyl/N-ethyl adjacent to an activating group) is 1. The molecule has 3 nitrogen and oxygen atoms in total. The van der Waals surface area contributed by atoms with Gasteiger partial charge >= 0.3 is 0 Å². The van der Waals surface area contributed by atoms with Crippen molar-refractivity contribution in [2.45, 2.75) is 31.2 Å². The molecule has 0 spiro atoms. The standard InChI is InChI=1S/C18H28N2O/c1-20(2)10-9-19-18(13-21)16-7-8-17(18)12-15-6-4-3-5-14(15)11-16/h3-6,16-17,19,21H,7-13H2,1-2H3. The predicted molar refractivity (Wildman–Crippen MR) is 86.4 cm³/mol. The van der Waals surface area contributed by atoms with E-state index in [0.29, 0.717) is 11.8 Å². The van der Waals surface area contributed by atoms with E-state index in [9.17, 15) is 5.11 Å². The summed E-state index contributed by atoms with van der Waals surface area (Å²) in [5.41, 5.74) is 2.92. The van der Waals surface area contributed by atoms with Crippen molar-refractivity contribution in [3.63, 3.8) is 0 Å². The molecule has 0 amide bonds. The Morgan fingerprint density at radius 2 is 1.71 bits per heavy atom. The van der Waals surface area contributed by atoms with Crippen LogP contribution in [0.3, 0.4) is 0 Å². The highest BCUT2D eigenvalue weighted by Crippen LogP contribution is 2.46. The van der Waals surface area contributed by atoms with E-state index in [0.717, 1.165) is 25.9 Å². The molecule has 0 heterocycles. The molecule has 2 N–H and O–H groups in total. The Labute approximate surface area is 128 Å². The molecule has 116 valence electrons. The second-order valence-electron chi connectivity index (χ2n) is 7.08. The molecule has 0 radical (unpaired) electrons. The lowest BCUT2D eigenvalue weighted by Crippen LogP contribution is -2.57. The normalized spacial score (nSPS) is 31.2. The monoisotopic (exact) mass is 288 g/mol. The lowest BCUT2D eigenvalue weighted by atomic mass is 9.79. The fourth-order valence-electron chi connectivity index (χ4n) is 4.42. The van der Waals surface area contributed by atoms with Crippen LogP contribution in [0.1, 0.15) is 24.0 Å². The lowest BCUT2D eigenvalue weighted by molar-refractivity contribution is 0.0873. The maximum Gasteiger partial charge on any atom is 0.0619 e. The molecule has 1 aromatic carbocycles. The predicted octanol–water partition coefficient (Wildman–Crippen LogP) is 1.69. The van der Waals surface area contributed by atoms with Crippen LogP contribution in [0.5, 0.6) is 0 Å². The summed E-state index contributed by atoms with van der Waals surface area (Å²) in [6.07, 6.45) is 4.72. The first-order valence-corrected chi connectivity index (χ1v) is 8.23. The summed E-state index contributed by atoms with van der Waals surface area (Å²) in [5, 5.41) is 14.0. The Balaban J connectivity index is 1.82. The van der Waals surface area contributed by atoms with E-state index in [1.54, 1.807) is 0 Å². The number of nitrogens with zero attached hydrogens (tertiary/aromatic N) is 1. The van der Waals surface area contributed by atoms with E-state index in [-0.39, 0.29) is 12.1 Å². The van der Waals surface area contributed by atoms with E-state index in [1.807, 2.05) is 0 Å². The highest BCUT2D eigenvalue weighted by molar-refractivity contribution is 5.32. The van der Waals surface area contributed by atoms with Gasteiger partial charge in [-0.25, -0.2) is 0 Å². The van der Waals surface area contributed by atoms with Crippen LogP contribution in [0.25, 0.3) is 0 Å². The Kier molecular flexibility index (Phi) is 4.34. The molecular formula is C18H28N2O. The van der Waals surface area contributed by atoms with Crippen LogP contribution in [-0.4, -0.2) is 49.3 Å². The fourth-order valence-corrected chi connectivity index (χ4v) is 4.42. The van der Waals surface area contributed by atoms with Crippen LogP contribution in [0.4, 0.5) is 0 Å². The largest absolute Gasteiger partial charge is 0.394 e. The van der Waals surface area contributed by atoms with Crippen LogP contribution in [0.15, 0.2) is 24.3 Å². The number of hydrogen-bond acceptors (Lipinski definition) is 3. The van der Waals surface area contributed by atoms with Crippen LogP contribution < -0.4 is 5.32 Å². The minimum absolute atomic E-state index is 0.0744. The maximum atomic E-state index is 10.2. The third kappa shape index (κ3) is 2.75. The van der Waals surface area contributed by atoms with Crippen molar-refractivity contribution < 1.29 is 5.11 Å². The van der Waals surface area contributed by atoms with Gasteiger partial charge in [-0.1, -0.05) is 24.3 Å². The fraction of sp³-hybridized carbons (Fsp3) is 0.667. The molecule has 1 saturated carbocycles. The molecule has 2 atom stereocenters. The first-order valence-electron chi connectivity index (χ1n) is 8.23. The molecule has 3 rings (SSSR count). The molecule has 2 bridgehead atoms. The molecule has 3 heteroatoms. The van der Waals surface area contributed by atoms with Gasteiger partial charge < -0.3 is 15.3 Å². The number of benzene rings is 1. The van der Waals surface area contributed by atoms with Crippen molar-refractivity contribution in [2.24, 2.45) is 11.8 Å². The first-order chi connectivity index (χ1) is 10.2. The van der Waals surface area contributed by atoms with Crippen molar-refractivity contribution in [1.29, 1.82) is 0 Å². The van der Waals surface area contributed by atoms with Gasteiger partial charge in [0, 0.05) is 18.6 Å². The average molecular weight is 288 g/mol. The second-order valence-corrected chi connectivity index (χ2v) is 7.08. The van der Waals surface area contributed by atoms with E-state index in [4.69, 9.17) is 0 Å². The minimum atomic E-state index is -0.0744. The van der Waals surface area contributed by atoms with Gasteiger partial charge in [0.25, 0.3) is 0 Å². The van der Waals surface area contributed by atoms with E-state index >= 15 is 0 Å². The molecule has 0 aliphatic heterocycles. The zero-order valence-electron chi connectivity index (χ0n) is 13.3. The van der Waals surface area contributed by atoms with Gasteiger partial charge in [0.05, 0.1) is 6.61 Å². The van der Waals surface area contributed by atoms with Crippen LogP contribution in [0, 0.1) is 11.8 Å². The smallest absolute Gasteiger partial charge is 0.0619 e.